The molecule has 202 valence electrons. The Balaban J connectivity index is 0.998. The predicted octanol–water partition coefficient (Wildman–Crippen LogP) is 3.15. The van der Waals surface area contributed by atoms with Gasteiger partial charge in [-0.1, -0.05) is 12.1 Å². The maximum absolute atomic E-state index is 13.3. The second-order valence-corrected chi connectivity index (χ2v) is 12.2. The molecule has 9 heteroatoms. The number of imide groups is 2. The van der Waals surface area contributed by atoms with E-state index in [-0.39, 0.29) is 24.0 Å². The first kappa shape index (κ1) is 24.5. The number of aromatic nitrogens is 1. The molecule has 4 saturated carbocycles. The van der Waals surface area contributed by atoms with Crippen LogP contribution < -0.4 is 16.0 Å². The Bertz CT molecular complexity index is 1330. The molecule has 39 heavy (non-hydrogen) atoms. The van der Waals surface area contributed by atoms with Gasteiger partial charge in [-0.15, -0.1) is 0 Å². The zero-order chi connectivity index (χ0) is 26.7. The fraction of sp³-hybridized carbons (Fsp3) is 0.500. The molecule has 1 unspecified atom stereocenters. The smallest absolute Gasteiger partial charge is 0.264 e. The summed E-state index contributed by atoms with van der Waals surface area (Å²) in [6.07, 6.45) is 10.4. The maximum atomic E-state index is 13.3. The number of piperidine rings is 1. The molecule has 2 aromatic rings. The van der Waals surface area contributed by atoms with Gasteiger partial charge in [0.25, 0.3) is 11.8 Å². The van der Waals surface area contributed by atoms with Crippen molar-refractivity contribution in [2.75, 3.05) is 5.32 Å². The van der Waals surface area contributed by atoms with Crippen molar-refractivity contribution in [1.82, 2.24) is 20.5 Å². The van der Waals surface area contributed by atoms with E-state index in [0.717, 1.165) is 40.5 Å². The molecule has 1 saturated heterocycles. The van der Waals surface area contributed by atoms with Crippen LogP contribution in [0.15, 0.2) is 36.5 Å². The summed E-state index contributed by atoms with van der Waals surface area (Å²) in [6, 6.07) is 8.18. The minimum Gasteiger partial charge on any atom is -0.379 e. The average molecular weight is 528 g/mol. The molecule has 3 heterocycles. The lowest BCUT2D eigenvalue weighted by Gasteiger charge is -2.57. The molecule has 1 atom stereocenters. The molecule has 4 amide bonds. The highest BCUT2D eigenvalue weighted by molar-refractivity contribution is 6.25. The van der Waals surface area contributed by atoms with Crippen molar-refractivity contribution in [2.45, 2.75) is 76.0 Å². The topological polar surface area (TPSA) is 120 Å². The van der Waals surface area contributed by atoms with Crippen LogP contribution >= 0.6 is 0 Å². The van der Waals surface area contributed by atoms with Gasteiger partial charge in [0.05, 0.1) is 23.4 Å². The highest BCUT2D eigenvalue weighted by Gasteiger charge is 2.50. The number of anilines is 1. The molecule has 1 aromatic heterocycles. The fourth-order valence-corrected chi connectivity index (χ4v) is 8.13. The predicted molar refractivity (Wildman–Crippen MR) is 142 cm³/mol. The Morgan fingerprint density at radius 2 is 1.67 bits per heavy atom. The van der Waals surface area contributed by atoms with E-state index in [0.29, 0.717) is 17.8 Å². The number of carbonyl (C=O) groups is 4. The highest BCUT2D eigenvalue weighted by atomic mass is 16.2. The fourth-order valence-electron chi connectivity index (χ4n) is 8.13. The summed E-state index contributed by atoms with van der Waals surface area (Å²) in [6.45, 7) is 1.21. The van der Waals surface area contributed by atoms with Crippen molar-refractivity contribution in [3.63, 3.8) is 0 Å². The van der Waals surface area contributed by atoms with Gasteiger partial charge in [0.15, 0.2) is 0 Å². The summed E-state index contributed by atoms with van der Waals surface area (Å²) in [4.78, 5) is 55.9. The molecule has 8 rings (SSSR count). The van der Waals surface area contributed by atoms with Gasteiger partial charge in [-0.2, -0.15) is 0 Å². The molecule has 4 aliphatic carbocycles. The van der Waals surface area contributed by atoms with E-state index in [9.17, 15) is 19.2 Å². The quantitative estimate of drug-likeness (QED) is 0.473. The van der Waals surface area contributed by atoms with Crippen LogP contribution in [-0.4, -0.2) is 45.1 Å². The summed E-state index contributed by atoms with van der Waals surface area (Å²) in [7, 11) is 0. The Morgan fingerprint density at radius 3 is 2.33 bits per heavy atom. The van der Waals surface area contributed by atoms with Crippen molar-refractivity contribution >= 4 is 29.3 Å². The minimum absolute atomic E-state index is 0.0919. The van der Waals surface area contributed by atoms with Gasteiger partial charge in [0.2, 0.25) is 11.8 Å². The summed E-state index contributed by atoms with van der Waals surface area (Å²) in [5.74, 6) is 0.692. The van der Waals surface area contributed by atoms with E-state index >= 15 is 0 Å². The summed E-state index contributed by atoms with van der Waals surface area (Å²) in [5, 5.41) is 9.41. The van der Waals surface area contributed by atoms with E-state index in [1.807, 2.05) is 12.3 Å². The molecule has 1 aromatic carbocycles. The lowest BCUT2D eigenvalue weighted by atomic mass is 9.53. The van der Waals surface area contributed by atoms with E-state index in [4.69, 9.17) is 0 Å². The lowest BCUT2D eigenvalue weighted by Crippen LogP contribution is -2.58. The Labute approximate surface area is 227 Å². The van der Waals surface area contributed by atoms with Gasteiger partial charge in [0, 0.05) is 30.4 Å². The minimum atomic E-state index is -0.982. The number of hydrogen-bond donors (Lipinski definition) is 3. The zero-order valence-corrected chi connectivity index (χ0v) is 21.9. The van der Waals surface area contributed by atoms with Crippen molar-refractivity contribution in [2.24, 2.45) is 17.8 Å². The third-order valence-electron chi connectivity index (χ3n) is 9.52. The van der Waals surface area contributed by atoms with Crippen LogP contribution in [0.25, 0.3) is 0 Å². The van der Waals surface area contributed by atoms with E-state index in [1.54, 1.807) is 18.2 Å². The summed E-state index contributed by atoms with van der Waals surface area (Å²) in [5.41, 5.74) is 3.34. The third kappa shape index (κ3) is 4.33. The normalized spacial score (nSPS) is 31.0. The Morgan fingerprint density at radius 1 is 0.923 bits per heavy atom. The van der Waals surface area contributed by atoms with Crippen LogP contribution in [0.4, 0.5) is 5.69 Å². The Hall–Kier alpha value is -3.59. The number of pyridine rings is 1. The molecule has 6 aliphatic rings. The molecule has 0 radical (unpaired) electrons. The number of fused-ring (bicyclic) bond motifs is 1. The summed E-state index contributed by atoms with van der Waals surface area (Å²) < 4.78 is 0. The molecule has 0 spiro atoms. The highest BCUT2D eigenvalue weighted by Crippen LogP contribution is 2.55. The van der Waals surface area contributed by atoms with E-state index in [1.165, 1.54) is 38.5 Å². The van der Waals surface area contributed by atoms with Gasteiger partial charge in [-0.05, 0) is 86.5 Å². The van der Waals surface area contributed by atoms with Crippen molar-refractivity contribution in [1.29, 1.82) is 0 Å². The van der Waals surface area contributed by atoms with Gasteiger partial charge >= 0.3 is 0 Å². The van der Waals surface area contributed by atoms with Crippen LogP contribution in [0.2, 0.25) is 0 Å². The van der Waals surface area contributed by atoms with E-state index in [2.05, 4.69) is 27.0 Å². The van der Waals surface area contributed by atoms with Crippen LogP contribution in [0.5, 0.6) is 0 Å². The number of hydrogen-bond acceptors (Lipinski definition) is 7. The SMILES string of the molecule is O=C1CCC(N2C(=O)c3cccc(NCc4ccc(CNC56CC7CC(CC(C7)C5)C6)cn4)c3C2=O)C(=O)N1. The van der Waals surface area contributed by atoms with Crippen molar-refractivity contribution in [3.05, 3.63) is 58.9 Å². The Kier molecular flexibility index (Phi) is 5.80. The van der Waals surface area contributed by atoms with Gasteiger partial charge < -0.3 is 10.6 Å². The average Bonchev–Trinajstić information content (AvgIpc) is 3.16. The van der Waals surface area contributed by atoms with Gasteiger partial charge in [-0.25, -0.2) is 0 Å². The van der Waals surface area contributed by atoms with Crippen molar-refractivity contribution in [3.8, 4) is 0 Å². The molecule has 4 bridgehead atoms. The largest absolute Gasteiger partial charge is 0.379 e. The molecular weight excluding hydrogens is 494 g/mol. The second kappa shape index (κ2) is 9.26. The molecule has 9 nitrogen and oxygen atoms in total. The third-order valence-corrected chi connectivity index (χ3v) is 9.52. The standard InChI is InChI=1S/C30H33N5O4/c36-25-7-6-24(27(37)34-25)35-28(38)22-2-1-3-23(26(22)29(35)39)32-16-21-5-4-17(14-31-21)15-33-30-11-18-8-19(12-30)10-20(9-18)13-30/h1-5,14,18-20,24,32-33H,6-13,15-16H2,(H,34,36,37). The number of nitrogens with one attached hydrogen (secondary N) is 3. The van der Waals surface area contributed by atoms with Gasteiger partial charge in [-0.3, -0.25) is 34.4 Å². The second-order valence-electron chi connectivity index (χ2n) is 12.2. The number of benzene rings is 1. The molecule has 2 aliphatic heterocycles. The van der Waals surface area contributed by atoms with Crippen LogP contribution in [0.1, 0.15) is 83.3 Å². The number of amides is 4. The molecule has 3 N–H and O–H groups in total. The monoisotopic (exact) mass is 527 g/mol. The zero-order valence-electron chi connectivity index (χ0n) is 21.9. The van der Waals surface area contributed by atoms with E-state index < -0.39 is 29.7 Å². The number of carbonyl (C=O) groups excluding carboxylic acids is 4. The van der Waals surface area contributed by atoms with Crippen molar-refractivity contribution < 1.29 is 19.2 Å². The first-order valence-corrected chi connectivity index (χ1v) is 14.1. The lowest BCUT2D eigenvalue weighted by molar-refractivity contribution is -0.136. The number of nitrogens with zero attached hydrogens (tertiary/aromatic N) is 2. The maximum Gasteiger partial charge on any atom is 0.264 e. The van der Waals surface area contributed by atoms with Crippen LogP contribution in [0.3, 0.4) is 0 Å². The molecule has 5 fully saturated rings. The first-order valence-electron chi connectivity index (χ1n) is 14.1. The van der Waals surface area contributed by atoms with Crippen LogP contribution in [-0.2, 0) is 22.7 Å². The van der Waals surface area contributed by atoms with Crippen LogP contribution in [0, 0.1) is 17.8 Å². The molecular formula is C30H33N5O4. The van der Waals surface area contributed by atoms with Gasteiger partial charge in [0.1, 0.15) is 6.04 Å². The number of rotatable bonds is 7. The first-order chi connectivity index (χ1) is 18.9. The summed E-state index contributed by atoms with van der Waals surface area (Å²) >= 11 is 0.